The summed E-state index contributed by atoms with van der Waals surface area (Å²) in [5.41, 5.74) is 1.88. The predicted octanol–water partition coefficient (Wildman–Crippen LogP) is 3.03. The molecule has 0 spiro atoms. The SMILES string of the molecule is CSCC[C@H]1C(=O)N(Cc2cccc(Cl)c2)C[C@H]2N1C(=O)CN(C)N2C(=O)NCc1ccccc1. The van der Waals surface area contributed by atoms with Crippen LogP contribution in [-0.4, -0.2) is 82.0 Å². The zero-order chi connectivity index (χ0) is 24.9. The van der Waals surface area contributed by atoms with Gasteiger partial charge in [-0.05, 0) is 41.7 Å². The average molecular weight is 516 g/mol. The third kappa shape index (κ3) is 5.74. The van der Waals surface area contributed by atoms with Crippen LogP contribution < -0.4 is 5.32 Å². The Bertz CT molecular complexity index is 1070. The number of amides is 4. The molecular weight excluding hydrogens is 486 g/mol. The van der Waals surface area contributed by atoms with Gasteiger partial charge < -0.3 is 15.1 Å². The molecule has 10 heteroatoms. The Hall–Kier alpha value is -2.75. The Labute approximate surface area is 215 Å². The van der Waals surface area contributed by atoms with Crippen molar-refractivity contribution in [3.8, 4) is 0 Å². The summed E-state index contributed by atoms with van der Waals surface area (Å²) in [5.74, 6) is 0.484. The van der Waals surface area contributed by atoms with Gasteiger partial charge in [0.05, 0.1) is 13.1 Å². The third-order valence-corrected chi connectivity index (χ3v) is 7.17. The zero-order valence-corrected chi connectivity index (χ0v) is 21.5. The maximum atomic E-state index is 13.5. The molecule has 2 aliphatic rings. The zero-order valence-electron chi connectivity index (χ0n) is 19.9. The van der Waals surface area contributed by atoms with Crippen molar-refractivity contribution >= 4 is 41.2 Å². The van der Waals surface area contributed by atoms with Crippen molar-refractivity contribution in [1.29, 1.82) is 0 Å². The third-order valence-electron chi connectivity index (χ3n) is 6.29. The van der Waals surface area contributed by atoms with Crippen molar-refractivity contribution in [2.24, 2.45) is 0 Å². The summed E-state index contributed by atoms with van der Waals surface area (Å²) in [5, 5.41) is 6.79. The van der Waals surface area contributed by atoms with Crippen molar-refractivity contribution in [2.45, 2.75) is 31.7 Å². The summed E-state index contributed by atoms with van der Waals surface area (Å²) in [4.78, 5) is 43.4. The second-order valence-corrected chi connectivity index (χ2v) is 10.2. The van der Waals surface area contributed by atoms with Crippen LogP contribution in [0.25, 0.3) is 0 Å². The fraction of sp³-hybridized carbons (Fsp3) is 0.400. The summed E-state index contributed by atoms with van der Waals surface area (Å²) in [6, 6.07) is 16.1. The molecule has 4 amide bonds. The van der Waals surface area contributed by atoms with Gasteiger partial charge in [0.2, 0.25) is 11.8 Å². The first-order valence-electron chi connectivity index (χ1n) is 11.5. The Morgan fingerprint density at radius 3 is 2.57 bits per heavy atom. The van der Waals surface area contributed by atoms with Crippen molar-refractivity contribution in [3.05, 3.63) is 70.7 Å². The van der Waals surface area contributed by atoms with E-state index in [0.717, 1.165) is 16.9 Å². The number of nitrogens with zero attached hydrogens (tertiary/aromatic N) is 4. The number of nitrogens with one attached hydrogen (secondary N) is 1. The van der Waals surface area contributed by atoms with Crippen LogP contribution in [0.3, 0.4) is 0 Å². The van der Waals surface area contributed by atoms with Gasteiger partial charge in [-0.15, -0.1) is 0 Å². The van der Waals surface area contributed by atoms with Crippen LogP contribution in [0.5, 0.6) is 0 Å². The van der Waals surface area contributed by atoms with E-state index in [-0.39, 0.29) is 30.9 Å². The molecule has 0 unspecified atom stereocenters. The van der Waals surface area contributed by atoms with Gasteiger partial charge in [-0.2, -0.15) is 11.8 Å². The van der Waals surface area contributed by atoms with Gasteiger partial charge >= 0.3 is 6.03 Å². The summed E-state index contributed by atoms with van der Waals surface area (Å²) < 4.78 is 0. The number of hydrogen-bond acceptors (Lipinski definition) is 5. The molecule has 2 aromatic carbocycles. The van der Waals surface area contributed by atoms with E-state index < -0.39 is 12.2 Å². The van der Waals surface area contributed by atoms with Crippen LogP contribution in [0, 0.1) is 0 Å². The first kappa shape index (κ1) is 25.3. The number of rotatable bonds is 7. The van der Waals surface area contributed by atoms with E-state index in [1.807, 2.05) is 54.8 Å². The molecular formula is C25H30ClN5O3S. The lowest BCUT2D eigenvalue weighted by molar-refractivity contribution is -0.187. The minimum Gasteiger partial charge on any atom is -0.333 e. The number of piperazine rings is 1. The molecule has 1 N–H and O–H groups in total. The second kappa shape index (κ2) is 11.3. The molecule has 4 rings (SSSR count). The van der Waals surface area contributed by atoms with Gasteiger partial charge in [0.25, 0.3) is 0 Å². The first-order valence-corrected chi connectivity index (χ1v) is 13.3. The van der Waals surface area contributed by atoms with Crippen molar-refractivity contribution in [3.63, 3.8) is 0 Å². The van der Waals surface area contributed by atoms with Crippen LogP contribution >= 0.6 is 23.4 Å². The number of fused-ring (bicyclic) bond motifs is 1. The molecule has 8 nitrogen and oxygen atoms in total. The lowest BCUT2D eigenvalue weighted by atomic mass is 10.0. The Balaban J connectivity index is 1.60. The molecule has 35 heavy (non-hydrogen) atoms. The summed E-state index contributed by atoms with van der Waals surface area (Å²) in [6.45, 7) is 0.977. The van der Waals surface area contributed by atoms with Gasteiger partial charge in [0.15, 0.2) is 0 Å². The van der Waals surface area contributed by atoms with Gasteiger partial charge in [-0.3, -0.25) is 9.59 Å². The molecule has 2 aliphatic heterocycles. The first-order chi connectivity index (χ1) is 16.9. The molecule has 0 radical (unpaired) electrons. The lowest BCUT2D eigenvalue weighted by Gasteiger charge is -2.54. The Kier molecular flexibility index (Phi) is 8.20. The van der Waals surface area contributed by atoms with Crippen molar-refractivity contribution in [1.82, 2.24) is 25.1 Å². The predicted molar refractivity (Wildman–Crippen MR) is 137 cm³/mol. The van der Waals surface area contributed by atoms with Crippen LogP contribution in [0.4, 0.5) is 4.79 Å². The number of urea groups is 1. The minimum atomic E-state index is -0.619. The van der Waals surface area contributed by atoms with E-state index in [2.05, 4.69) is 5.32 Å². The van der Waals surface area contributed by atoms with E-state index in [1.165, 1.54) is 0 Å². The highest BCUT2D eigenvalue weighted by Gasteiger charge is 2.50. The van der Waals surface area contributed by atoms with E-state index in [4.69, 9.17) is 11.6 Å². The van der Waals surface area contributed by atoms with E-state index >= 15 is 0 Å². The largest absolute Gasteiger partial charge is 0.334 e. The highest BCUT2D eigenvalue weighted by atomic mass is 35.5. The molecule has 2 saturated heterocycles. The molecule has 0 bridgehead atoms. The molecule has 2 heterocycles. The number of hydrazine groups is 1. The number of benzene rings is 2. The average Bonchev–Trinajstić information content (AvgIpc) is 2.83. The number of hydrogen-bond donors (Lipinski definition) is 1. The normalized spacial score (nSPS) is 20.7. The second-order valence-electron chi connectivity index (χ2n) is 8.73. The van der Waals surface area contributed by atoms with E-state index in [1.54, 1.807) is 44.7 Å². The molecule has 0 saturated carbocycles. The standard InChI is InChI=1S/C25H30ClN5O3S/c1-28-17-23(32)30-21(11-12-35-2)24(33)29(15-19-9-6-10-20(26)13-19)16-22(30)31(28)25(34)27-14-18-7-4-3-5-8-18/h3-10,13,21-22H,11-12,14-17H2,1-2H3,(H,27,34)/t21-,22-/m0/s1. The molecule has 2 atom stereocenters. The summed E-state index contributed by atoms with van der Waals surface area (Å²) in [6.07, 6.45) is 1.90. The number of carbonyl (C=O) groups is 3. The lowest BCUT2D eigenvalue weighted by Crippen LogP contribution is -2.75. The molecule has 2 aromatic rings. The monoisotopic (exact) mass is 515 g/mol. The molecule has 0 aliphatic carbocycles. The maximum absolute atomic E-state index is 13.5. The van der Waals surface area contributed by atoms with Gasteiger partial charge in [-0.1, -0.05) is 54.1 Å². The van der Waals surface area contributed by atoms with Gasteiger partial charge in [-0.25, -0.2) is 14.8 Å². The molecule has 2 fully saturated rings. The Morgan fingerprint density at radius 2 is 1.86 bits per heavy atom. The van der Waals surface area contributed by atoms with E-state index in [9.17, 15) is 14.4 Å². The number of carbonyl (C=O) groups excluding carboxylic acids is 3. The fourth-order valence-electron chi connectivity index (χ4n) is 4.66. The number of thioether (sulfide) groups is 1. The quantitative estimate of drug-likeness (QED) is 0.613. The summed E-state index contributed by atoms with van der Waals surface area (Å²) in [7, 11) is 1.73. The molecule has 186 valence electrons. The highest BCUT2D eigenvalue weighted by molar-refractivity contribution is 7.98. The van der Waals surface area contributed by atoms with Crippen LogP contribution in [0.1, 0.15) is 17.5 Å². The van der Waals surface area contributed by atoms with E-state index in [0.29, 0.717) is 24.5 Å². The topological polar surface area (TPSA) is 76.2 Å². The Morgan fingerprint density at radius 1 is 1.11 bits per heavy atom. The minimum absolute atomic E-state index is 0.0343. The number of likely N-dealkylation sites (N-methyl/N-ethyl adjacent to an activating group) is 1. The molecule has 0 aromatic heterocycles. The smallest absolute Gasteiger partial charge is 0.333 e. The fourth-order valence-corrected chi connectivity index (χ4v) is 5.34. The van der Waals surface area contributed by atoms with Crippen LogP contribution in [0.15, 0.2) is 54.6 Å². The van der Waals surface area contributed by atoms with Crippen molar-refractivity contribution < 1.29 is 14.4 Å². The highest BCUT2D eigenvalue weighted by Crippen LogP contribution is 2.29. The van der Waals surface area contributed by atoms with Gasteiger partial charge in [0, 0.05) is 25.2 Å². The van der Waals surface area contributed by atoms with Crippen LogP contribution in [0.2, 0.25) is 5.02 Å². The van der Waals surface area contributed by atoms with Gasteiger partial charge in [0.1, 0.15) is 12.2 Å². The summed E-state index contributed by atoms with van der Waals surface area (Å²) >= 11 is 7.80. The maximum Gasteiger partial charge on any atom is 0.334 e. The van der Waals surface area contributed by atoms with Crippen molar-refractivity contribution in [2.75, 3.05) is 32.1 Å². The number of halogens is 1. The van der Waals surface area contributed by atoms with Crippen LogP contribution in [-0.2, 0) is 22.7 Å².